The number of methoxy groups -OCH3 is 2. The van der Waals surface area contributed by atoms with E-state index in [9.17, 15) is 0 Å². The van der Waals surface area contributed by atoms with Crippen LogP contribution in [0.1, 0.15) is 13.8 Å². The van der Waals surface area contributed by atoms with Crippen molar-refractivity contribution in [2.24, 2.45) is 10.9 Å². The molecule has 0 saturated carbocycles. The molecule has 1 aromatic rings. The van der Waals surface area contributed by atoms with Crippen molar-refractivity contribution in [3.63, 3.8) is 0 Å². The third kappa shape index (κ3) is 6.07. The normalized spacial score (nSPS) is 18.7. The van der Waals surface area contributed by atoms with Crippen LogP contribution in [-0.2, 0) is 4.74 Å². The maximum atomic E-state index is 5.88. The van der Waals surface area contributed by atoms with Gasteiger partial charge in [0, 0.05) is 45.0 Å². The van der Waals surface area contributed by atoms with E-state index in [4.69, 9.17) is 14.2 Å². The summed E-state index contributed by atoms with van der Waals surface area (Å²) in [4.78, 5) is 6.75. The summed E-state index contributed by atoms with van der Waals surface area (Å²) in [5.74, 6) is 2.73. The zero-order chi connectivity index (χ0) is 18.9. The van der Waals surface area contributed by atoms with Crippen LogP contribution in [0.15, 0.2) is 23.2 Å². The SMILES string of the molecule is CN=C(NCC1CN(CC(C)C)CCO1)Nc1ccc(OC)c(OC)c1. The summed E-state index contributed by atoms with van der Waals surface area (Å²) in [5, 5.41) is 6.61. The number of ether oxygens (including phenoxy) is 3. The molecule has 0 amide bonds. The van der Waals surface area contributed by atoms with E-state index >= 15 is 0 Å². The van der Waals surface area contributed by atoms with E-state index in [0.29, 0.717) is 29.9 Å². The zero-order valence-corrected chi connectivity index (χ0v) is 16.5. The van der Waals surface area contributed by atoms with E-state index < -0.39 is 0 Å². The largest absolute Gasteiger partial charge is 0.493 e. The van der Waals surface area contributed by atoms with Crippen LogP contribution in [0.4, 0.5) is 5.69 Å². The highest BCUT2D eigenvalue weighted by atomic mass is 16.5. The molecule has 2 N–H and O–H groups in total. The van der Waals surface area contributed by atoms with Crippen molar-refractivity contribution < 1.29 is 14.2 Å². The summed E-state index contributed by atoms with van der Waals surface area (Å²) in [6.45, 7) is 9.04. The van der Waals surface area contributed by atoms with Crippen molar-refractivity contribution in [1.82, 2.24) is 10.2 Å². The monoisotopic (exact) mass is 364 g/mol. The van der Waals surface area contributed by atoms with Gasteiger partial charge in [-0.1, -0.05) is 13.8 Å². The Morgan fingerprint density at radius 1 is 1.31 bits per heavy atom. The molecule has 0 radical (unpaired) electrons. The van der Waals surface area contributed by atoms with Gasteiger partial charge in [-0.3, -0.25) is 9.89 Å². The summed E-state index contributed by atoms with van der Waals surface area (Å²) < 4.78 is 16.5. The van der Waals surface area contributed by atoms with Crippen LogP contribution < -0.4 is 20.1 Å². The second-order valence-corrected chi connectivity index (χ2v) is 6.79. The number of morpholine rings is 1. The molecule has 1 saturated heterocycles. The molecule has 1 aromatic carbocycles. The second-order valence-electron chi connectivity index (χ2n) is 6.79. The number of anilines is 1. The fourth-order valence-corrected chi connectivity index (χ4v) is 3.03. The Balaban J connectivity index is 1.88. The second kappa shape index (κ2) is 10.2. The Morgan fingerprint density at radius 3 is 2.73 bits per heavy atom. The van der Waals surface area contributed by atoms with Gasteiger partial charge in [0.15, 0.2) is 17.5 Å². The van der Waals surface area contributed by atoms with Gasteiger partial charge in [0.05, 0.1) is 26.9 Å². The number of aliphatic imine (C=N–C) groups is 1. The number of nitrogens with one attached hydrogen (secondary N) is 2. The van der Waals surface area contributed by atoms with Crippen molar-refractivity contribution in [2.75, 3.05) is 59.4 Å². The van der Waals surface area contributed by atoms with Gasteiger partial charge in [-0.25, -0.2) is 0 Å². The number of guanidine groups is 1. The molecule has 1 heterocycles. The molecule has 1 aliphatic rings. The first-order valence-corrected chi connectivity index (χ1v) is 9.09. The summed E-state index contributed by atoms with van der Waals surface area (Å²) in [7, 11) is 5.00. The third-order valence-corrected chi connectivity index (χ3v) is 4.21. The van der Waals surface area contributed by atoms with E-state index in [1.807, 2.05) is 18.2 Å². The quantitative estimate of drug-likeness (QED) is 0.570. The Bertz CT molecular complexity index is 592. The standard InChI is InChI=1S/C19H32N4O3/c1-14(2)12-23-8-9-26-16(13-23)11-21-19(20-3)22-15-6-7-17(24-4)18(10-15)25-5/h6-7,10,14,16H,8-9,11-13H2,1-5H3,(H2,20,21,22). The fraction of sp³-hybridized carbons (Fsp3) is 0.632. The topological polar surface area (TPSA) is 67.4 Å². The number of nitrogens with zero attached hydrogens (tertiary/aromatic N) is 2. The van der Waals surface area contributed by atoms with Crippen LogP contribution in [0.3, 0.4) is 0 Å². The summed E-state index contributed by atoms with van der Waals surface area (Å²) in [6, 6.07) is 5.67. The molecule has 0 spiro atoms. The van der Waals surface area contributed by atoms with Gasteiger partial charge in [0.2, 0.25) is 0 Å². The molecular weight excluding hydrogens is 332 g/mol. The van der Waals surface area contributed by atoms with Gasteiger partial charge in [0.1, 0.15) is 0 Å². The number of benzene rings is 1. The molecule has 1 unspecified atom stereocenters. The first kappa shape index (κ1) is 20.3. The Kier molecular flexibility index (Phi) is 8.00. The van der Waals surface area contributed by atoms with Crippen molar-refractivity contribution in [1.29, 1.82) is 0 Å². The van der Waals surface area contributed by atoms with Crippen molar-refractivity contribution >= 4 is 11.6 Å². The first-order chi connectivity index (χ1) is 12.5. The number of rotatable bonds is 7. The molecule has 0 aliphatic carbocycles. The average molecular weight is 364 g/mol. The smallest absolute Gasteiger partial charge is 0.195 e. The molecule has 1 fully saturated rings. The van der Waals surface area contributed by atoms with E-state index in [-0.39, 0.29) is 6.10 Å². The lowest BCUT2D eigenvalue weighted by atomic mass is 10.2. The maximum Gasteiger partial charge on any atom is 0.195 e. The molecule has 1 aliphatic heterocycles. The summed E-state index contributed by atoms with van der Waals surface area (Å²) in [5.41, 5.74) is 0.877. The van der Waals surface area contributed by atoms with Gasteiger partial charge in [-0.15, -0.1) is 0 Å². The molecule has 0 aromatic heterocycles. The average Bonchev–Trinajstić information content (AvgIpc) is 2.64. The predicted molar refractivity (Wildman–Crippen MR) is 106 cm³/mol. The molecule has 1 atom stereocenters. The van der Waals surface area contributed by atoms with Crippen LogP contribution >= 0.6 is 0 Å². The van der Waals surface area contributed by atoms with Crippen molar-refractivity contribution in [3.8, 4) is 11.5 Å². The van der Waals surface area contributed by atoms with Gasteiger partial charge in [-0.05, 0) is 18.1 Å². The molecule has 26 heavy (non-hydrogen) atoms. The van der Waals surface area contributed by atoms with Crippen LogP contribution in [-0.4, -0.2) is 71.0 Å². The van der Waals surface area contributed by atoms with Gasteiger partial charge < -0.3 is 24.8 Å². The van der Waals surface area contributed by atoms with E-state index in [1.165, 1.54) is 0 Å². The Labute approximate surface area is 156 Å². The lowest BCUT2D eigenvalue weighted by Crippen LogP contribution is -2.49. The Morgan fingerprint density at radius 2 is 2.08 bits per heavy atom. The Hall–Kier alpha value is -1.99. The third-order valence-electron chi connectivity index (χ3n) is 4.21. The van der Waals surface area contributed by atoms with E-state index in [1.54, 1.807) is 21.3 Å². The van der Waals surface area contributed by atoms with E-state index in [2.05, 4.69) is 34.4 Å². The van der Waals surface area contributed by atoms with Gasteiger partial charge in [-0.2, -0.15) is 0 Å². The van der Waals surface area contributed by atoms with Crippen LogP contribution in [0.25, 0.3) is 0 Å². The predicted octanol–water partition coefficient (Wildman–Crippen LogP) is 2.05. The van der Waals surface area contributed by atoms with E-state index in [0.717, 1.165) is 31.9 Å². The number of hydrogen-bond acceptors (Lipinski definition) is 5. The fourth-order valence-electron chi connectivity index (χ4n) is 3.03. The molecule has 7 nitrogen and oxygen atoms in total. The molecule has 7 heteroatoms. The minimum atomic E-state index is 0.159. The van der Waals surface area contributed by atoms with Crippen molar-refractivity contribution in [3.05, 3.63) is 18.2 Å². The minimum Gasteiger partial charge on any atom is -0.493 e. The van der Waals surface area contributed by atoms with Gasteiger partial charge >= 0.3 is 0 Å². The lowest BCUT2D eigenvalue weighted by Gasteiger charge is -2.34. The molecule has 0 bridgehead atoms. The van der Waals surface area contributed by atoms with Crippen molar-refractivity contribution in [2.45, 2.75) is 20.0 Å². The zero-order valence-electron chi connectivity index (χ0n) is 16.5. The lowest BCUT2D eigenvalue weighted by molar-refractivity contribution is -0.0283. The molecule has 2 rings (SSSR count). The summed E-state index contributed by atoms with van der Waals surface area (Å²) in [6.07, 6.45) is 0.159. The maximum absolute atomic E-state index is 5.88. The van der Waals surface area contributed by atoms with Crippen LogP contribution in [0.2, 0.25) is 0 Å². The highest BCUT2D eigenvalue weighted by molar-refractivity contribution is 5.93. The number of hydrogen-bond donors (Lipinski definition) is 2. The molecular formula is C19H32N4O3. The highest BCUT2D eigenvalue weighted by Crippen LogP contribution is 2.29. The van der Waals surface area contributed by atoms with Crippen LogP contribution in [0.5, 0.6) is 11.5 Å². The van der Waals surface area contributed by atoms with Crippen LogP contribution in [0, 0.1) is 5.92 Å². The highest BCUT2D eigenvalue weighted by Gasteiger charge is 2.21. The summed E-state index contributed by atoms with van der Waals surface area (Å²) >= 11 is 0. The first-order valence-electron chi connectivity index (χ1n) is 9.09. The van der Waals surface area contributed by atoms with Gasteiger partial charge in [0.25, 0.3) is 0 Å². The molecule has 146 valence electrons. The minimum absolute atomic E-state index is 0.159.